The molecule has 0 unspecified atom stereocenters. The lowest BCUT2D eigenvalue weighted by Crippen LogP contribution is -1.85. The van der Waals surface area contributed by atoms with Crippen LogP contribution in [0.4, 0.5) is 4.39 Å². The molecular weight excluding hydrogens is 329 g/mol. The van der Waals surface area contributed by atoms with Crippen LogP contribution in [0.1, 0.15) is 5.69 Å². The molecule has 0 amide bonds. The third-order valence-corrected chi connectivity index (χ3v) is 3.27. The Bertz CT molecular complexity index is 819. The van der Waals surface area contributed by atoms with Crippen LogP contribution in [0.2, 0.25) is 0 Å². The van der Waals surface area contributed by atoms with Crippen LogP contribution in [0, 0.1) is 17.1 Å². The highest BCUT2D eigenvalue weighted by Gasteiger charge is 2.17. The minimum absolute atomic E-state index is 0.140. The first kappa shape index (κ1) is 12.5. The fraction of sp³-hybridized carbons (Fsp3) is 0. The molecule has 6 nitrogen and oxygen atoms in total. The van der Waals surface area contributed by atoms with Crippen molar-refractivity contribution in [2.24, 2.45) is 0 Å². The van der Waals surface area contributed by atoms with Gasteiger partial charge in [0, 0.05) is 10.0 Å². The van der Waals surface area contributed by atoms with Gasteiger partial charge in [0.15, 0.2) is 0 Å². The third-order valence-electron chi connectivity index (χ3n) is 2.58. The zero-order valence-electron chi connectivity index (χ0n) is 9.76. The lowest BCUT2D eigenvalue weighted by molar-refractivity contribution is 0.432. The summed E-state index contributed by atoms with van der Waals surface area (Å²) in [5.41, 5.74) is 1.08. The van der Waals surface area contributed by atoms with Crippen molar-refractivity contribution in [1.29, 1.82) is 5.26 Å². The summed E-state index contributed by atoms with van der Waals surface area (Å²) >= 11 is 3.29. The Kier molecular flexibility index (Phi) is 3.04. The molecule has 0 bridgehead atoms. The standard InChI is InChI=1S/C12H5BrFN5O/c13-9-2-1-6(14)3-7(9)11-17-12(20-19-11)8-5-16-18-10(8)4-15/h1-3,5H,(H,16,18). The van der Waals surface area contributed by atoms with Crippen molar-refractivity contribution in [3.63, 3.8) is 0 Å². The number of halogens is 2. The maximum Gasteiger partial charge on any atom is 0.262 e. The number of aromatic amines is 1. The second-order valence-corrected chi connectivity index (χ2v) is 4.67. The molecule has 98 valence electrons. The van der Waals surface area contributed by atoms with Crippen molar-refractivity contribution < 1.29 is 8.91 Å². The molecule has 0 aliphatic carbocycles. The molecule has 1 aromatic carbocycles. The molecule has 0 saturated heterocycles. The zero-order valence-corrected chi connectivity index (χ0v) is 11.3. The number of nitrogens with zero attached hydrogens (tertiary/aromatic N) is 4. The highest BCUT2D eigenvalue weighted by molar-refractivity contribution is 9.10. The number of benzene rings is 1. The van der Waals surface area contributed by atoms with Crippen LogP contribution >= 0.6 is 15.9 Å². The fourth-order valence-electron chi connectivity index (χ4n) is 1.64. The second-order valence-electron chi connectivity index (χ2n) is 3.82. The van der Waals surface area contributed by atoms with Crippen molar-refractivity contribution in [3.8, 4) is 28.9 Å². The van der Waals surface area contributed by atoms with Crippen LogP contribution in [0.5, 0.6) is 0 Å². The molecule has 0 saturated carbocycles. The summed E-state index contributed by atoms with van der Waals surface area (Å²) in [5.74, 6) is -0.0477. The predicted molar refractivity (Wildman–Crippen MR) is 69.7 cm³/mol. The summed E-state index contributed by atoms with van der Waals surface area (Å²) in [6, 6.07) is 6.09. The lowest BCUT2D eigenvalue weighted by Gasteiger charge is -1.98. The smallest absolute Gasteiger partial charge is 0.262 e. The van der Waals surface area contributed by atoms with Gasteiger partial charge in [0.25, 0.3) is 5.89 Å². The number of aromatic nitrogens is 4. The summed E-state index contributed by atoms with van der Waals surface area (Å²) in [4.78, 5) is 4.15. The van der Waals surface area contributed by atoms with Gasteiger partial charge in [-0.25, -0.2) is 4.39 Å². The van der Waals surface area contributed by atoms with Crippen LogP contribution < -0.4 is 0 Å². The number of nitrogens with one attached hydrogen (secondary N) is 1. The van der Waals surface area contributed by atoms with E-state index < -0.39 is 5.82 Å². The fourth-order valence-corrected chi connectivity index (χ4v) is 2.07. The van der Waals surface area contributed by atoms with Gasteiger partial charge in [0.05, 0.1) is 11.8 Å². The summed E-state index contributed by atoms with van der Waals surface area (Å²) in [5, 5.41) is 18.9. The highest BCUT2D eigenvalue weighted by atomic mass is 79.9. The first-order chi connectivity index (χ1) is 9.69. The first-order valence-corrected chi connectivity index (χ1v) is 6.21. The van der Waals surface area contributed by atoms with Crippen molar-refractivity contribution in [2.45, 2.75) is 0 Å². The zero-order chi connectivity index (χ0) is 14.1. The molecule has 0 aliphatic rings. The minimum atomic E-state index is -0.407. The average molecular weight is 334 g/mol. The molecular formula is C12H5BrFN5O. The van der Waals surface area contributed by atoms with Crippen molar-refractivity contribution in [2.75, 3.05) is 0 Å². The first-order valence-electron chi connectivity index (χ1n) is 5.42. The van der Waals surface area contributed by atoms with E-state index in [-0.39, 0.29) is 17.4 Å². The van der Waals surface area contributed by atoms with Gasteiger partial charge in [-0.2, -0.15) is 15.3 Å². The molecule has 2 heterocycles. The molecule has 3 aromatic rings. The lowest BCUT2D eigenvalue weighted by atomic mass is 10.2. The largest absolute Gasteiger partial charge is 0.333 e. The number of hydrogen-bond acceptors (Lipinski definition) is 5. The van der Waals surface area contributed by atoms with Gasteiger partial charge in [-0.1, -0.05) is 21.1 Å². The van der Waals surface area contributed by atoms with Crippen molar-refractivity contribution >= 4 is 15.9 Å². The Morgan fingerprint density at radius 2 is 2.20 bits per heavy atom. The summed E-state index contributed by atoms with van der Waals surface area (Å²) in [6.45, 7) is 0. The number of hydrogen-bond donors (Lipinski definition) is 1. The van der Waals surface area contributed by atoms with E-state index in [0.717, 1.165) is 0 Å². The molecule has 3 rings (SSSR count). The van der Waals surface area contributed by atoms with E-state index in [1.165, 1.54) is 18.3 Å². The van der Waals surface area contributed by atoms with E-state index in [1.807, 2.05) is 6.07 Å². The Balaban J connectivity index is 2.07. The van der Waals surface area contributed by atoms with Gasteiger partial charge in [0.1, 0.15) is 17.6 Å². The Hall–Kier alpha value is -2.53. The summed E-state index contributed by atoms with van der Waals surface area (Å²) < 4.78 is 19.0. The van der Waals surface area contributed by atoms with E-state index in [4.69, 9.17) is 9.78 Å². The third kappa shape index (κ3) is 2.08. The topological polar surface area (TPSA) is 91.4 Å². The van der Waals surface area contributed by atoms with E-state index in [1.54, 1.807) is 6.07 Å². The van der Waals surface area contributed by atoms with Crippen LogP contribution in [-0.4, -0.2) is 20.3 Å². The van der Waals surface area contributed by atoms with Crippen LogP contribution in [-0.2, 0) is 0 Å². The van der Waals surface area contributed by atoms with Crippen LogP contribution in [0.15, 0.2) is 33.4 Å². The molecule has 0 spiro atoms. The summed E-state index contributed by atoms with van der Waals surface area (Å²) in [6.07, 6.45) is 1.41. The SMILES string of the molecule is N#Cc1[nH]ncc1-c1nc(-c2cc(F)ccc2Br)no1. The molecule has 20 heavy (non-hydrogen) atoms. The van der Waals surface area contributed by atoms with Gasteiger partial charge in [-0.05, 0) is 18.2 Å². The average Bonchev–Trinajstić information content (AvgIpc) is 3.08. The Labute approximate surface area is 120 Å². The van der Waals surface area contributed by atoms with Crippen LogP contribution in [0.25, 0.3) is 22.8 Å². The Morgan fingerprint density at radius 3 is 3.00 bits per heavy atom. The van der Waals surface area contributed by atoms with Gasteiger partial charge in [-0.3, -0.25) is 5.10 Å². The number of H-pyrrole nitrogens is 1. The van der Waals surface area contributed by atoms with Gasteiger partial charge < -0.3 is 4.52 Å². The van der Waals surface area contributed by atoms with E-state index in [0.29, 0.717) is 15.6 Å². The monoisotopic (exact) mass is 333 g/mol. The Morgan fingerprint density at radius 1 is 1.35 bits per heavy atom. The molecule has 8 heteroatoms. The van der Waals surface area contributed by atoms with E-state index in [9.17, 15) is 4.39 Å². The molecule has 2 aromatic heterocycles. The van der Waals surface area contributed by atoms with Crippen molar-refractivity contribution in [1.82, 2.24) is 20.3 Å². The normalized spacial score (nSPS) is 10.4. The second kappa shape index (κ2) is 4.86. The number of nitriles is 1. The van der Waals surface area contributed by atoms with E-state index in [2.05, 4.69) is 36.3 Å². The molecule has 0 fully saturated rings. The van der Waals surface area contributed by atoms with Gasteiger partial charge in [0.2, 0.25) is 5.82 Å². The van der Waals surface area contributed by atoms with E-state index >= 15 is 0 Å². The van der Waals surface area contributed by atoms with Gasteiger partial charge >= 0.3 is 0 Å². The predicted octanol–water partition coefficient (Wildman–Crippen LogP) is 2.90. The maximum atomic E-state index is 13.3. The molecule has 1 N–H and O–H groups in total. The van der Waals surface area contributed by atoms with Gasteiger partial charge in [-0.15, -0.1) is 0 Å². The maximum absolute atomic E-state index is 13.3. The molecule has 0 atom stereocenters. The number of rotatable bonds is 2. The van der Waals surface area contributed by atoms with Crippen molar-refractivity contribution in [3.05, 3.63) is 40.4 Å². The molecule has 0 radical (unpaired) electrons. The van der Waals surface area contributed by atoms with Crippen LogP contribution in [0.3, 0.4) is 0 Å². The summed E-state index contributed by atoms with van der Waals surface area (Å²) in [7, 11) is 0. The highest BCUT2D eigenvalue weighted by Crippen LogP contribution is 2.29. The molecule has 0 aliphatic heterocycles. The quantitative estimate of drug-likeness (QED) is 0.778. The minimum Gasteiger partial charge on any atom is -0.333 e.